The van der Waals surface area contributed by atoms with E-state index in [9.17, 15) is 14.4 Å². The Morgan fingerprint density at radius 3 is 2.07 bits per heavy atom. The number of benzene rings is 2. The Morgan fingerprint density at radius 2 is 1.53 bits per heavy atom. The van der Waals surface area contributed by atoms with Gasteiger partial charge in [0.2, 0.25) is 5.91 Å². The van der Waals surface area contributed by atoms with E-state index < -0.39 is 23.5 Å². The number of hydrogen-bond donors (Lipinski definition) is 1. The summed E-state index contributed by atoms with van der Waals surface area (Å²) < 4.78 is 10.2. The number of methoxy groups -OCH3 is 1. The lowest BCUT2D eigenvalue weighted by Gasteiger charge is -2.25. The zero-order chi connectivity index (χ0) is 21.9. The van der Waals surface area contributed by atoms with Gasteiger partial charge in [-0.3, -0.25) is 4.79 Å². The first-order chi connectivity index (χ1) is 14.2. The topological polar surface area (TPSA) is 84.9 Å². The van der Waals surface area contributed by atoms with E-state index in [-0.39, 0.29) is 19.1 Å². The van der Waals surface area contributed by atoms with Crippen LogP contribution in [0.4, 0.5) is 4.79 Å². The third kappa shape index (κ3) is 4.30. The SMILES string of the molecule is COC(=O)C(C)(C)NC(=O)CN(C)C(=O)OCC1c2ccccc2-c2ccccc21. The lowest BCUT2D eigenvalue weighted by Crippen LogP contribution is -2.53. The van der Waals surface area contributed by atoms with Gasteiger partial charge in [-0.15, -0.1) is 0 Å². The summed E-state index contributed by atoms with van der Waals surface area (Å²) in [7, 11) is 2.72. The monoisotopic (exact) mass is 410 g/mol. The molecule has 0 aliphatic heterocycles. The summed E-state index contributed by atoms with van der Waals surface area (Å²) in [5.41, 5.74) is 3.34. The standard InChI is InChI=1S/C23H26N2O5/c1-23(2,21(27)29-4)24-20(26)13-25(3)22(28)30-14-19-17-11-7-5-9-15(17)16-10-6-8-12-18(16)19/h5-12,19H,13-14H2,1-4H3,(H,24,26). The third-order valence-corrected chi connectivity index (χ3v) is 5.18. The van der Waals surface area contributed by atoms with Gasteiger partial charge >= 0.3 is 12.1 Å². The minimum Gasteiger partial charge on any atom is -0.467 e. The van der Waals surface area contributed by atoms with Crippen molar-refractivity contribution in [2.24, 2.45) is 0 Å². The fourth-order valence-corrected chi connectivity index (χ4v) is 3.68. The van der Waals surface area contributed by atoms with Crippen LogP contribution in [0.5, 0.6) is 0 Å². The van der Waals surface area contributed by atoms with Crippen molar-refractivity contribution in [2.75, 3.05) is 27.3 Å². The highest BCUT2D eigenvalue weighted by Crippen LogP contribution is 2.44. The summed E-state index contributed by atoms with van der Waals surface area (Å²) in [5, 5.41) is 2.55. The molecule has 0 saturated heterocycles. The van der Waals surface area contributed by atoms with Crippen molar-refractivity contribution in [1.29, 1.82) is 0 Å². The van der Waals surface area contributed by atoms with E-state index in [4.69, 9.17) is 4.74 Å². The van der Waals surface area contributed by atoms with Gasteiger partial charge in [0, 0.05) is 13.0 Å². The van der Waals surface area contributed by atoms with Gasteiger partial charge in [-0.05, 0) is 36.1 Å². The van der Waals surface area contributed by atoms with Crippen LogP contribution < -0.4 is 5.32 Å². The summed E-state index contributed by atoms with van der Waals surface area (Å²) in [6.45, 7) is 3.00. The molecule has 0 saturated carbocycles. The van der Waals surface area contributed by atoms with Crippen molar-refractivity contribution in [2.45, 2.75) is 25.3 Å². The number of esters is 1. The minimum absolute atomic E-state index is 0.0539. The normalized spacial score (nSPS) is 12.5. The molecule has 7 heteroatoms. The Labute approximate surface area is 176 Å². The number of rotatable bonds is 6. The average Bonchev–Trinajstić information content (AvgIpc) is 3.04. The number of nitrogens with zero attached hydrogens (tertiary/aromatic N) is 1. The Kier molecular flexibility index (Phi) is 6.10. The number of ether oxygens (including phenoxy) is 2. The minimum atomic E-state index is -1.19. The molecule has 0 radical (unpaired) electrons. The number of fused-ring (bicyclic) bond motifs is 3. The zero-order valence-electron chi connectivity index (χ0n) is 17.6. The van der Waals surface area contributed by atoms with Crippen LogP contribution in [-0.4, -0.2) is 55.7 Å². The molecule has 0 unspecified atom stereocenters. The first-order valence-corrected chi connectivity index (χ1v) is 9.70. The van der Waals surface area contributed by atoms with E-state index in [0.717, 1.165) is 22.3 Å². The van der Waals surface area contributed by atoms with Crippen molar-refractivity contribution in [3.63, 3.8) is 0 Å². The van der Waals surface area contributed by atoms with Crippen molar-refractivity contribution >= 4 is 18.0 Å². The third-order valence-electron chi connectivity index (χ3n) is 5.18. The van der Waals surface area contributed by atoms with Gasteiger partial charge in [0.05, 0.1) is 7.11 Å². The molecule has 158 valence electrons. The maximum atomic E-state index is 12.4. The van der Waals surface area contributed by atoms with Crippen LogP contribution >= 0.6 is 0 Å². The number of likely N-dealkylation sites (N-methyl/N-ethyl adjacent to an activating group) is 1. The first kappa shape index (κ1) is 21.4. The second-order valence-electron chi connectivity index (χ2n) is 7.82. The molecule has 0 atom stereocenters. The van der Waals surface area contributed by atoms with Crippen LogP contribution in [-0.2, 0) is 19.1 Å². The van der Waals surface area contributed by atoms with Crippen LogP contribution in [0.3, 0.4) is 0 Å². The van der Waals surface area contributed by atoms with Crippen LogP contribution in [0.2, 0.25) is 0 Å². The van der Waals surface area contributed by atoms with Crippen molar-refractivity contribution in [1.82, 2.24) is 10.2 Å². The smallest absolute Gasteiger partial charge is 0.409 e. The van der Waals surface area contributed by atoms with Crippen LogP contribution in [0, 0.1) is 0 Å². The zero-order valence-corrected chi connectivity index (χ0v) is 17.6. The fraction of sp³-hybridized carbons (Fsp3) is 0.348. The average molecular weight is 410 g/mol. The molecule has 2 aromatic carbocycles. The number of amides is 2. The summed E-state index contributed by atoms with van der Waals surface area (Å²) in [6, 6.07) is 16.1. The van der Waals surface area contributed by atoms with Crippen molar-refractivity contribution in [3.8, 4) is 11.1 Å². The predicted molar refractivity (Wildman–Crippen MR) is 112 cm³/mol. The van der Waals surface area contributed by atoms with Gasteiger partial charge in [0.25, 0.3) is 0 Å². The molecular formula is C23H26N2O5. The molecule has 3 rings (SSSR count). The highest BCUT2D eigenvalue weighted by molar-refractivity contribution is 5.89. The van der Waals surface area contributed by atoms with Gasteiger partial charge in [-0.1, -0.05) is 48.5 Å². The Morgan fingerprint density at radius 1 is 1.00 bits per heavy atom. The molecule has 0 aromatic heterocycles. The van der Waals surface area contributed by atoms with Crippen LogP contribution in [0.15, 0.2) is 48.5 Å². The summed E-state index contributed by atoms with van der Waals surface area (Å²) in [4.78, 5) is 37.5. The molecule has 0 bridgehead atoms. The van der Waals surface area contributed by atoms with E-state index in [1.807, 2.05) is 36.4 Å². The van der Waals surface area contributed by atoms with E-state index in [0.29, 0.717) is 0 Å². The Hall–Kier alpha value is -3.35. The molecular weight excluding hydrogens is 384 g/mol. The largest absolute Gasteiger partial charge is 0.467 e. The van der Waals surface area contributed by atoms with Crippen molar-refractivity contribution in [3.05, 3.63) is 59.7 Å². The highest BCUT2D eigenvalue weighted by Gasteiger charge is 2.32. The van der Waals surface area contributed by atoms with Gasteiger partial charge in [-0.25, -0.2) is 9.59 Å². The maximum absolute atomic E-state index is 12.4. The molecule has 2 aromatic rings. The van der Waals surface area contributed by atoms with Gasteiger partial charge in [-0.2, -0.15) is 0 Å². The maximum Gasteiger partial charge on any atom is 0.409 e. The van der Waals surface area contributed by atoms with Gasteiger partial charge in [0.15, 0.2) is 0 Å². The number of carbonyl (C=O) groups is 3. The van der Waals surface area contributed by atoms with E-state index in [2.05, 4.69) is 22.2 Å². The number of carbonyl (C=O) groups excluding carboxylic acids is 3. The molecule has 0 heterocycles. The summed E-state index contributed by atoms with van der Waals surface area (Å²) in [6.07, 6.45) is -0.608. The van der Waals surface area contributed by atoms with Gasteiger partial charge in [0.1, 0.15) is 18.7 Å². The molecule has 2 amide bonds. The fourth-order valence-electron chi connectivity index (χ4n) is 3.68. The summed E-state index contributed by atoms with van der Waals surface area (Å²) >= 11 is 0. The molecule has 7 nitrogen and oxygen atoms in total. The molecule has 1 N–H and O–H groups in total. The molecule has 0 fully saturated rings. The molecule has 1 aliphatic carbocycles. The molecule has 30 heavy (non-hydrogen) atoms. The lowest BCUT2D eigenvalue weighted by atomic mass is 9.98. The second kappa shape index (κ2) is 8.57. The molecule has 0 spiro atoms. The van der Waals surface area contributed by atoms with Crippen LogP contribution in [0.1, 0.15) is 30.9 Å². The van der Waals surface area contributed by atoms with E-state index in [1.54, 1.807) is 0 Å². The van der Waals surface area contributed by atoms with Gasteiger partial charge < -0.3 is 19.7 Å². The Balaban J connectivity index is 1.61. The summed E-state index contributed by atoms with van der Waals surface area (Å²) in [5.74, 6) is -1.11. The highest BCUT2D eigenvalue weighted by atomic mass is 16.6. The Bertz CT molecular complexity index is 924. The first-order valence-electron chi connectivity index (χ1n) is 9.70. The van der Waals surface area contributed by atoms with E-state index in [1.165, 1.54) is 32.9 Å². The number of hydrogen-bond acceptors (Lipinski definition) is 5. The van der Waals surface area contributed by atoms with E-state index >= 15 is 0 Å². The molecule has 1 aliphatic rings. The quantitative estimate of drug-likeness (QED) is 0.740. The van der Waals surface area contributed by atoms with Crippen molar-refractivity contribution < 1.29 is 23.9 Å². The number of nitrogens with one attached hydrogen (secondary N) is 1. The lowest BCUT2D eigenvalue weighted by molar-refractivity contribution is -0.149. The second-order valence-corrected chi connectivity index (χ2v) is 7.82. The predicted octanol–water partition coefficient (Wildman–Crippen LogP) is 2.94. The van der Waals surface area contributed by atoms with Crippen LogP contribution in [0.25, 0.3) is 11.1 Å².